The Hall–Kier alpha value is -2.42. The van der Waals surface area contributed by atoms with Crippen molar-refractivity contribution < 1.29 is 17.6 Å². The quantitative estimate of drug-likeness (QED) is 0.914. The lowest BCUT2D eigenvalue weighted by molar-refractivity contribution is -0.137. The van der Waals surface area contributed by atoms with Crippen molar-refractivity contribution in [3.05, 3.63) is 54.0 Å². The molecule has 0 fully saturated rings. The molecule has 19 heavy (non-hydrogen) atoms. The maximum Gasteiger partial charge on any atom is 0.416 e. The molecular weight excluding hydrogens is 257 g/mol. The van der Waals surface area contributed by atoms with Crippen LogP contribution in [-0.2, 0) is 6.18 Å². The first-order valence-electron chi connectivity index (χ1n) is 5.37. The van der Waals surface area contributed by atoms with Gasteiger partial charge < -0.3 is 9.73 Å². The molecule has 1 N–H and O–H groups in total. The van der Waals surface area contributed by atoms with Crippen LogP contribution in [0, 0.1) is 11.3 Å². The smallest absolute Gasteiger partial charge is 0.416 e. The first kappa shape index (κ1) is 13.0. The molecule has 0 amide bonds. The standard InChI is InChI=1S/C13H9F3N2O/c14-13(15,16)9-3-1-4-10(7-9)18-11(8-17)12-5-2-6-19-12/h1-7,11,18H. The third kappa shape index (κ3) is 3.07. The summed E-state index contributed by atoms with van der Waals surface area (Å²) in [6.45, 7) is 0. The maximum absolute atomic E-state index is 12.5. The van der Waals surface area contributed by atoms with E-state index in [0.29, 0.717) is 5.76 Å². The number of nitrogens with one attached hydrogen (secondary N) is 1. The molecule has 1 unspecified atom stereocenters. The monoisotopic (exact) mass is 266 g/mol. The van der Waals surface area contributed by atoms with Crippen LogP contribution < -0.4 is 5.32 Å². The van der Waals surface area contributed by atoms with E-state index in [-0.39, 0.29) is 5.69 Å². The van der Waals surface area contributed by atoms with Gasteiger partial charge in [0.05, 0.1) is 17.9 Å². The van der Waals surface area contributed by atoms with Gasteiger partial charge in [0.15, 0.2) is 6.04 Å². The van der Waals surface area contributed by atoms with Crippen LogP contribution in [-0.4, -0.2) is 0 Å². The number of anilines is 1. The topological polar surface area (TPSA) is 49.0 Å². The van der Waals surface area contributed by atoms with Gasteiger partial charge in [-0.3, -0.25) is 0 Å². The average molecular weight is 266 g/mol. The Labute approximate surface area is 107 Å². The summed E-state index contributed by atoms with van der Waals surface area (Å²) in [6, 6.07) is 8.94. The van der Waals surface area contributed by atoms with Gasteiger partial charge in [0, 0.05) is 5.69 Å². The molecule has 0 saturated heterocycles. The molecule has 1 aromatic heterocycles. The number of nitrogens with zero attached hydrogens (tertiary/aromatic N) is 1. The normalized spacial score (nSPS) is 12.7. The van der Waals surface area contributed by atoms with Crippen molar-refractivity contribution in [3.63, 3.8) is 0 Å². The highest BCUT2D eigenvalue weighted by atomic mass is 19.4. The summed E-state index contributed by atoms with van der Waals surface area (Å²) in [5.41, 5.74) is -0.564. The van der Waals surface area contributed by atoms with Gasteiger partial charge in [-0.2, -0.15) is 18.4 Å². The van der Waals surface area contributed by atoms with Crippen molar-refractivity contribution in [1.82, 2.24) is 0 Å². The van der Waals surface area contributed by atoms with E-state index in [1.807, 2.05) is 6.07 Å². The van der Waals surface area contributed by atoms with Crippen molar-refractivity contribution in [2.24, 2.45) is 0 Å². The minimum Gasteiger partial charge on any atom is -0.466 e. The Morgan fingerprint density at radius 1 is 1.21 bits per heavy atom. The van der Waals surface area contributed by atoms with Crippen LogP contribution in [0.5, 0.6) is 0 Å². The Bertz CT molecular complexity index is 585. The number of alkyl halides is 3. The van der Waals surface area contributed by atoms with Gasteiger partial charge in [-0.05, 0) is 30.3 Å². The highest BCUT2D eigenvalue weighted by Crippen LogP contribution is 2.31. The van der Waals surface area contributed by atoms with Crippen LogP contribution in [0.25, 0.3) is 0 Å². The average Bonchev–Trinajstić information content (AvgIpc) is 2.89. The molecular formula is C13H9F3N2O. The van der Waals surface area contributed by atoms with E-state index in [2.05, 4.69) is 5.32 Å². The number of hydrogen-bond acceptors (Lipinski definition) is 3. The fraction of sp³-hybridized carbons (Fsp3) is 0.154. The van der Waals surface area contributed by atoms with Crippen LogP contribution in [0.3, 0.4) is 0 Å². The van der Waals surface area contributed by atoms with Crippen molar-refractivity contribution in [2.45, 2.75) is 12.2 Å². The molecule has 0 aliphatic heterocycles. The molecule has 1 aromatic carbocycles. The van der Waals surface area contributed by atoms with Crippen LogP contribution in [0.4, 0.5) is 18.9 Å². The zero-order chi connectivity index (χ0) is 13.9. The first-order chi connectivity index (χ1) is 9.00. The number of halogens is 3. The molecule has 1 atom stereocenters. The minimum atomic E-state index is -4.41. The van der Waals surface area contributed by atoms with E-state index >= 15 is 0 Å². The third-order valence-corrected chi connectivity index (χ3v) is 2.46. The Kier molecular flexibility index (Phi) is 3.47. The lowest BCUT2D eigenvalue weighted by Gasteiger charge is -2.13. The number of benzene rings is 1. The molecule has 2 rings (SSSR count). The van der Waals surface area contributed by atoms with Crippen LogP contribution in [0.2, 0.25) is 0 Å². The Morgan fingerprint density at radius 2 is 2.00 bits per heavy atom. The van der Waals surface area contributed by atoms with Gasteiger partial charge in [0.2, 0.25) is 0 Å². The predicted octanol–water partition coefficient (Wildman–Crippen LogP) is 3.98. The summed E-state index contributed by atoms with van der Waals surface area (Å²) in [7, 11) is 0. The van der Waals surface area contributed by atoms with Crippen molar-refractivity contribution in [2.75, 3.05) is 5.32 Å². The van der Waals surface area contributed by atoms with Crippen molar-refractivity contribution in [1.29, 1.82) is 5.26 Å². The van der Waals surface area contributed by atoms with Crippen molar-refractivity contribution >= 4 is 5.69 Å². The Balaban J connectivity index is 2.22. The number of nitriles is 1. The molecule has 1 heterocycles. The summed E-state index contributed by atoms with van der Waals surface area (Å²) in [5, 5.41) is 11.7. The molecule has 0 aliphatic rings. The molecule has 0 spiro atoms. The number of rotatable bonds is 3. The van der Waals surface area contributed by atoms with E-state index in [1.165, 1.54) is 18.4 Å². The van der Waals surface area contributed by atoms with Gasteiger partial charge in [-0.1, -0.05) is 6.07 Å². The van der Waals surface area contributed by atoms with Gasteiger partial charge in [-0.15, -0.1) is 0 Å². The van der Waals surface area contributed by atoms with Gasteiger partial charge in [-0.25, -0.2) is 0 Å². The summed E-state index contributed by atoms with van der Waals surface area (Å²) < 4.78 is 42.7. The van der Waals surface area contributed by atoms with Gasteiger partial charge in [0.25, 0.3) is 0 Å². The van der Waals surface area contributed by atoms with E-state index in [0.717, 1.165) is 12.1 Å². The zero-order valence-corrected chi connectivity index (χ0v) is 9.61. The molecule has 2 aromatic rings. The summed E-state index contributed by atoms with van der Waals surface area (Å²) >= 11 is 0. The molecule has 3 nitrogen and oxygen atoms in total. The summed E-state index contributed by atoms with van der Waals surface area (Å²) in [4.78, 5) is 0. The SMILES string of the molecule is N#CC(Nc1cccc(C(F)(F)F)c1)c1ccco1. The third-order valence-electron chi connectivity index (χ3n) is 2.46. The van der Waals surface area contributed by atoms with Crippen LogP contribution in [0.1, 0.15) is 17.4 Å². The number of hydrogen-bond donors (Lipinski definition) is 1. The van der Waals surface area contributed by atoms with E-state index in [9.17, 15) is 13.2 Å². The highest BCUT2D eigenvalue weighted by molar-refractivity contribution is 5.49. The molecule has 98 valence electrons. The van der Waals surface area contributed by atoms with E-state index < -0.39 is 17.8 Å². The fourth-order valence-corrected chi connectivity index (χ4v) is 1.57. The lowest BCUT2D eigenvalue weighted by atomic mass is 10.1. The molecule has 0 aliphatic carbocycles. The molecule has 0 bridgehead atoms. The second-order valence-electron chi connectivity index (χ2n) is 3.80. The molecule has 0 saturated carbocycles. The van der Waals surface area contributed by atoms with Crippen LogP contribution in [0.15, 0.2) is 47.1 Å². The Morgan fingerprint density at radius 3 is 2.58 bits per heavy atom. The maximum atomic E-state index is 12.5. The summed E-state index contributed by atoms with van der Waals surface area (Å²) in [5.74, 6) is 0.347. The van der Waals surface area contributed by atoms with Crippen molar-refractivity contribution in [3.8, 4) is 6.07 Å². The predicted molar refractivity (Wildman–Crippen MR) is 62.1 cm³/mol. The first-order valence-corrected chi connectivity index (χ1v) is 5.37. The largest absolute Gasteiger partial charge is 0.466 e. The highest BCUT2D eigenvalue weighted by Gasteiger charge is 2.30. The minimum absolute atomic E-state index is 0.206. The molecule has 0 radical (unpaired) electrons. The van der Waals surface area contributed by atoms with Gasteiger partial charge >= 0.3 is 6.18 Å². The second-order valence-corrected chi connectivity index (χ2v) is 3.80. The van der Waals surface area contributed by atoms with E-state index in [1.54, 1.807) is 12.1 Å². The van der Waals surface area contributed by atoms with Gasteiger partial charge in [0.1, 0.15) is 5.76 Å². The fourth-order valence-electron chi connectivity index (χ4n) is 1.57. The number of furan rings is 1. The van der Waals surface area contributed by atoms with Crippen LogP contribution >= 0.6 is 0 Å². The summed E-state index contributed by atoms with van der Waals surface area (Å²) in [6.07, 6.45) is -3.02. The lowest BCUT2D eigenvalue weighted by Crippen LogP contribution is -2.09. The van der Waals surface area contributed by atoms with E-state index in [4.69, 9.17) is 9.68 Å². The zero-order valence-electron chi connectivity index (χ0n) is 9.61. The molecule has 6 heteroatoms. The second kappa shape index (κ2) is 5.06.